The van der Waals surface area contributed by atoms with Gasteiger partial charge in [-0.1, -0.05) is 18.2 Å². The van der Waals surface area contributed by atoms with E-state index in [2.05, 4.69) is 10.5 Å². The van der Waals surface area contributed by atoms with E-state index in [1.54, 1.807) is 6.07 Å². The molecule has 0 saturated carbocycles. The van der Waals surface area contributed by atoms with Gasteiger partial charge in [0.15, 0.2) is 0 Å². The zero-order valence-electron chi connectivity index (χ0n) is 16.5. The number of nitro benzene ring substituents is 2. The van der Waals surface area contributed by atoms with Gasteiger partial charge in [-0.15, -0.1) is 0 Å². The molecule has 13 heteroatoms. The second-order valence-corrected chi connectivity index (χ2v) is 7.91. The lowest BCUT2D eigenvalue weighted by Crippen LogP contribution is -2.17. The molecule has 0 bridgehead atoms. The van der Waals surface area contributed by atoms with E-state index >= 15 is 0 Å². The smallest absolute Gasteiger partial charge is 0.339 e. The first kappa shape index (κ1) is 23.0. The van der Waals surface area contributed by atoms with E-state index in [-0.39, 0.29) is 21.9 Å². The van der Waals surface area contributed by atoms with Crippen LogP contribution in [0.4, 0.5) is 11.4 Å². The van der Waals surface area contributed by atoms with Gasteiger partial charge >= 0.3 is 10.1 Å². The van der Waals surface area contributed by atoms with Crippen LogP contribution in [-0.4, -0.2) is 30.4 Å². The van der Waals surface area contributed by atoms with E-state index in [0.717, 1.165) is 12.1 Å². The summed E-state index contributed by atoms with van der Waals surface area (Å²) in [6.07, 6.45) is 1.23. The van der Waals surface area contributed by atoms with Crippen molar-refractivity contribution < 1.29 is 27.2 Å². The number of carbonyl (C=O) groups excluding carboxylic acids is 1. The molecule has 3 aromatic carbocycles. The van der Waals surface area contributed by atoms with Gasteiger partial charge in [0.05, 0.1) is 16.1 Å². The molecule has 33 heavy (non-hydrogen) atoms. The maximum absolute atomic E-state index is 12.4. The number of carbonyl (C=O) groups is 1. The molecule has 12 nitrogen and oxygen atoms in total. The van der Waals surface area contributed by atoms with Crippen LogP contribution in [0, 0.1) is 20.2 Å². The average Bonchev–Trinajstić information content (AvgIpc) is 2.79. The summed E-state index contributed by atoms with van der Waals surface area (Å²) in [7, 11) is -4.33. The fourth-order valence-electron chi connectivity index (χ4n) is 2.54. The number of amides is 1. The summed E-state index contributed by atoms with van der Waals surface area (Å²) in [6.45, 7) is 0. The maximum Gasteiger partial charge on any atom is 0.339 e. The molecule has 168 valence electrons. The second-order valence-electron chi connectivity index (χ2n) is 6.37. The van der Waals surface area contributed by atoms with Crippen LogP contribution in [0.2, 0.25) is 0 Å². The van der Waals surface area contributed by atoms with Crippen molar-refractivity contribution in [1.29, 1.82) is 0 Å². The minimum Gasteiger partial charge on any atom is -0.379 e. The molecule has 0 aliphatic rings. The Morgan fingerprint density at radius 2 is 1.58 bits per heavy atom. The lowest BCUT2D eigenvalue weighted by Gasteiger charge is -2.07. The molecular formula is C20H14N4O8S. The van der Waals surface area contributed by atoms with Crippen LogP contribution in [-0.2, 0) is 10.1 Å². The number of nitrogens with zero attached hydrogens (tertiary/aromatic N) is 3. The van der Waals surface area contributed by atoms with E-state index in [4.69, 9.17) is 4.18 Å². The van der Waals surface area contributed by atoms with Gasteiger partial charge in [0.25, 0.3) is 17.3 Å². The van der Waals surface area contributed by atoms with E-state index in [1.807, 2.05) is 0 Å². The van der Waals surface area contributed by atoms with Crippen molar-refractivity contribution in [2.75, 3.05) is 0 Å². The third-order valence-corrected chi connectivity index (χ3v) is 5.34. The zero-order chi connectivity index (χ0) is 24.0. The molecule has 0 heterocycles. The van der Waals surface area contributed by atoms with Crippen molar-refractivity contribution in [1.82, 2.24) is 5.43 Å². The summed E-state index contributed by atoms with van der Waals surface area (Å²) < 4.78 is 29.9. The highest BCUT2D eigenvalue weighted by Crippen LogP contribution is 2.22. The monoisotopic (exact) mass is 470 g/mol. The number of hydrogen-bond acceptors (Lipinski definition) is 9. The van der Waals surface area contributed by atoms with Crippen LogP contribution in [0.3, 0.4) is 0 Å². The third-order valence-electron chi connectivity index (χ3n) is 4.10. The van der Waals surface area contributed by atoms with Crippen LogP contribution in [0.25, 0.3) is 0 Å². The predicted octanol–water partition coefficient (Wildman–Crippen LogP) is 3.03. The second kappa shape index (κ2) is 9.65. The molecule has 1 amide bonds. The summed E-state index contributed by atoms with van der Waals surface area (Å²) >= 11 is 0. The normalized spacial score (nSPS) is 11.2. The van der Waals surface area contributed by atoms with Crippen LogP contribution in [0.5, 0.6) is 5.75 Å². The molecular weight excluding hydrogens is 456 g/mol. The SMILES string of the molecule is O=C(N/N=C\c1cccc(OS(=O)(=O)c2cccc([N+](=O)[O-])c2)c1)c1ccc([N+](=O)[O-])cc1. The van der Waals surface area contributed by atoms with Gasteiger partial charge in [-0.05, 0) is 35.9 Å². The zero-order valence-corrected chi connectivity index (χ0v) is 17.3. The Morgan fingerprint density at radius 1 is 0.909 bits per heavy atom. The largest absolute Gasteiger partial charge is 0.379 e. The van der Waals surface area contributed by atoms with Gasteiger partial charge < -0.3 is 4.18 Å². The highest BCUT2D eigenvalue weighted by molar-refractivity contribution is 7.87. The van der Waals surface area contributed by atoms with E-state index in [9.17, 15) is 33.4 Å². The summed E-state index contributed by atoms with van der Waals surface area (Å²) in [4.78, 5) is 31.9. The van der Waals surface area contributed by atoms with Gasteiger partial charge in [0, 0.05) is 29.8 Å². The minimum atomic E-state index is -4.33. The van der Waals surface area contributed by atoms with Gasteiger partial charge in [-0.25, -0.2) is 5.43 Å². The molecule has 0 aromatic heterocycles. The summed E-state index contributed by atoms with van der Waals surface area (Å²) in [5, 5.41) is 25.3. The van der Waals surface area contributed by atoms with Crippen molar-refractivity contribution in [3.05, 3.63) is 104 Å². The van der Waals surface area contributed by atoms with Crippen LogP contribution < -0.4 is 9.61 Å². The summed E-state index contributed by atoms with van der Waals surface area (Å²) in [6, 6.07) is 15.1. The van der Waals surface area contributed by atoms with Crippen molar-refractivity contribution in [3.63, 3.8) is 0 Å². The molecule has 0 fully saturated rings. The number of hydrogen-bond donors (Lipinski definition) is 1. The van der Waals surface area contributed by atoms with E-state index < -0.39 is 31.6 Å². The number of non-ortho nitro benzene ring substituents is 2. The standard InChI is InChI=1S/C20H14N4O8S/c25-20(15-7-9-16(10-8-15)23(26)27)22-21-13-14-3-1-5-18(11-14)32-33(30,31)19-6-2-4-17(12-19)24(28)29/h1-13H,(H,22,25)/b21-13-. The Hall–Kier alpha value is -4.65. The first-order chi connectivity index (χ1) is 15.7. The molecule has 3 aromatic rings. The first-order valence-electron chi connectivity index (χ1n) is 9.02. The molecule has 3 rings (SSSR count). The quantitative estimate of drug-likeness (QED) is 0.226. The predicted molar refractivity (Wildman–Crippen MR) is 116 cm³/mol. The van der Waals surface area contributed by atoms with Crippen LogP contribution in [0.1, 0.15) is 15.9 Å². The molecule has 0 saturated heterocycles. The number of benzene rings is 3. The van der Waals surface area contributed by atoms with Crippen molar-refractivity contribution in [2.45, 2.75) is 4.90 Å². The van der Waals surface area contributed by atoms with Gasteiger partial charge in [-0.2, -0.15) is 13.5 Å². The van der Waals surface area contributed by atoms with Crippen LogP contribution in [0.15, 0.2) is 82.8 Å². The van der Waals surface area contributed by atoms with Gasteiger partial charge in [0.1, 0.15) is 10.6 Å². The van der Waals surface area contributed by atoms with Crippen molar-refractivity contribution in [2.24, 2.45) is 5.10 Å². The number of nitro groups is 2. The molecule has 0 spiro atoms. The molecule has 0 aliphatic heterocycles. The van der Waals surface area contributed by atoms with Crippen molar-refractivity contribution >= 4 is 33.6 Å². The highest BCUT2D eigenvalue weighted by atomic mass is 32.2. The Bertz CT molecular complexity index is 1350. The third kappa shape index (κ3) is 5.95. The van der Waals surface area contributed by atoms with Gasteiger partial charge in [0.2, 0.25) is 0 Å². The van der Waals surface area contributed by atoms with Gasteiger partial charge in [-0.3, -0.25) is 25.0 Å². The minimum absolute atomic E-state index is 0.0767. The fourth-order valence-corrected chi connectivity index (χ4v) is 3.50. The fraction of sp³-hybridized carbons (Fsp3) is 0. The van der Waals surface area contributed by atoms with E-state index in [1.165, 1.54) is 60.8 Å². The number of rotatable bonds is 8. The molecule has 0 aliphatic carbocycles. The Labute approximate surface area is 186 Å². The number of nitrogens with one attached hydrogen (secondary N) is 1. The molecule has 1 N–H and O–H groups in total. The highest BCUT2D eigenvalue weighted by Gasteiger charge is 2.20. The maximum atomic E-state index is 12.4. The summed E-state index contributed by atoms with van der Waals surface area (Å²) in [5.74, 6) is -0.686. The topological polar surface area (TPSA) is 171 Å². The average molecular weight is 470 g/mol. The van der Waals surface area contributed by atoms with Crippen molar-refractivity contribution in [3.8, 4) is 5.75 Å². The Kier molecular flexibility index (Phi) is 6.74. The van der Waals surface area contributed by atoms with Crippen LogP contribution >= 0.6 is 0 Å². The lowest BCUT2D eigenvalue weighted by atomic mass is 10.2. The molecule has 0 unspecified atom stereocenters. The Morgan fingerprint density at radius 3 is 2.24 bits per heavy atom. The number of hydrazone groups is 1. The first-order valence-corrected chi connectivity index (χ1v) is 10.4. The Balaban J connectivity index is 1.68. The molecule has 0 radical (unpaired) electrons. The summed E-state index contributed by atoms with van der Waals surface area (Å²) in [5.41, 5.74) is 2.22. The lowest BCUT2D eigenvalue weighted by molar-refractivity contribution is -0.385. The molecule has 0 atom stereocenters. The van der Waals surface area contributed by atoms with E-state index in [0.29, 0.717) is 5.56 Å².